The SMILES string of the molecule is [Cl-].[Cl-].[Cl-].[Zr+3][c]1ccc[pH]1. The standard InChI is InChI=1S/C4H4P.3ClH.Zr/c1-2-4-5-3-1;;;;/h1-3,5H;3*1H;/q;;;;+3/p-3. The molecule has 0 saturated carbocycles. The molecule has 9 heavy (non-hydrogen) atoms. The van der Waals surface area contributed by atoms with Gasteiger partial charge in [-0.1, -0.05) is 0 Å². The molecule has 0 amide bonds. The van der Waals surface area contributed by atoms with Gasteiger partial charge in [0.05, 0.1) is 0 Å². The topological polar surface area (TPSA) is 0 Å². The van der Waals surface area contributed by atoms with Crippen molar-refractivity contribution < 1.29 is 61.9 Å². The normalized spacial score (nSPS) is 6.89. The van der Waals surface area contributed by atoms with Gasteiger partial charge in [0, 0.05) is 0 Å². The summed E-state index contributed by atoms with van der Waals surface area (Å²) in [4.78, 5) is 0. The van der Waals surface area contributed by atoms with E-state index in [-0.39, 0.29) is 37.2 Å². The van der Waals surface area contributed by atoms with Crippen LogP contribution in [0.5, 0.6) is 0 Å². The zero-order valence-corrected chi connectivity index (χ0v) is 10.1. The van der Waals surface area contributed by atoms with Crippen LogP contribution >= 0.6 is 8.19 Å². The van der Waals surface area contributed by atoms with Crippen LogP contribution in [-0.4, -0.2) is 0 Å². The first-order valence-corrected chi connectivity index (χ1v) is 4.05. The first-order chi connectivity index (χ1) is 2.89. The Balaban J connectivity index is -0.000000120. The minimum absolute atomic E-state index is 0. The third kappa shape index (κ3) is 7.43. The van der Waals surface area contributed by atoms with Gasteiger partial charge >= 0.3 is 53.8 Å². The molecule has 1 aromatic heterocycles. The van der Waals surface area contributed by atoms with Gasteiger partial charge in [-0.25, -0.2) is 0 Å². The molecule has 50 valence electrons. The fourth-order valence-electron chi connectivity index (χ4n) is 0.330. The van der Waals surface area contributed by atoms with E-state index in [1.165, 1.54) is 0 Å². The maximum atomic E-state index is 2.21. The van der Waals surface area contributed by atoms with Crippen molar-refractivity contribution >= 4 is 11.2 Å². The molecule has 1 rings (SSSR count). The summed E-state index contributed by atoms with van der Waals surface area (Å²) in [6.07, 6.45) is 0. The predicted octanol–water partition coefficient (Wildman–Crippen LogP) is -8.10. The number of hydrogen-bond donors (Lipinski definition) is 0. The summed E-state index contributed by atoms with van der Waals surface area (Å²) in [7, 11) is 1.00. The van der Waals surface area contributed by atoms with Gasteiger partial charge in [0.1, 0.15) is 0 Å². The van der Waals surface area contributed by atoms with Crippen LogP contribution in [-0.2, 0) is 24.7 Å². The zero-order chi connectivity index (χ0) is 4.41. The molecule has 1 aromatic rings. The summed E-state index contributed by atoms with van der Waals surface area (Å²) in [5.41, 5.74) is 0. The van der Waals surface area contributed by atoms with Crippen LogP contribution in [0.25, 0.3) is 0 Å². The summed E-state index contributed by atoms with van der Waals surface area (Å²) >= 11 is 1.58. The molecular formula is C4H4Cl3PZr. The van der Waals surface area contributed by atoms with E-state index >= 15 is 0 Å². The molecule has 0 nitrogen and oxygen atoms in total. The Bertz CT molecular complexity index is 119. The van der Waals surface area contributed by atoms with E-state index in [2.05, 4.69) is 17.9 Å². The van der Waals surface area contributed by atoms with Gasteiger partial charge in [-0.3, -0.25) is 0 Å². The Morgan fingerprint density at radius 2 is 1.78 bits per heavy atom. The van der Waals surface area contributed by atoms with E-state index in [0.717, 1.165) is 8.19 Å². The first-order valence-electron chi connectivity index (χ1n) is 1.74. The van der Waals surface area contributed by atoms with Crippen LogP contribution < -0.4 is 40.2 Å². The molecule has 0 aliphatic heterocycles. The van der Waals surface area contributed by atoms with Gasteiger partial charge < -0.3 is 37.2 Å². The van der Waals surface area contributed by atoms with Crippen molar-refractivity contribution in [1.29, 1.82) is 0 Å². The zero-order valence-electron chi connectivity index (χ0n) is 4.37. The van der Waals surface area contributed by atoms with Crippen LogP contribution in [0, 0.1) is 0 Å². The summed E-state index contributed by atoms with van der Waals surface area (Å²) in [5, 5.41) is 0. The predicted molar refractivity (Wildman–Crippen MR) is 25.6 cm³/mol. The van der Waals surface area contributed by atoms with E-state index < -0.39 is 0 Å². The van der Waals surface area contributed by atoms with Crippen molar-refractivity contribution in [2.24, 2.45) is 0 Å². The fraction of sp³-hybridized carbons (Fsp3) is 0. The van der Waals surface area contributed by atoms with Crippen molar-refractivity contribution in [2.75, 3.05) is 0 Å². The third-order valence-corrected chi connectivity index (χ3v) is 2.91. The van der Waals surface area contributed by atoms with Crippen LogP contribution in [0.1, 0.15) is 0 Å². The minimum atomic E-state index is 0. The third-order valence-electron chi connectivity index (χ3n) is 0.598. The molecule has 5 heteroatoms. The molecule has 1 unspecified atom stereocenters. The maximum absolute atomic E-state index is 2.21. The molecule has 0 aliphatic carbocycles. The van der Waals surface area contributed by atoms with Gasteiger partial charge in [0.25, 0.3) is 0 Å². The second-order valence-corrected chi connectivity index (χ2v) is 4.80. The monoisotopic (exact) mass is 278 g/mol. The molecule has 0 bridgehead atoms. The van der Waals surface area contributed by atoms with Crippen molar-refractivity contribution in [3.8, 4) is 0 Å². The van der Waals surface area contributed by atoms with Crippen LogP contribution in [0.2, 0.25) is 0 Å². The molecule has 0 saturated heterocycles. The number of hydrogen-bond acceptors (Lipinski definition) is 0. The molecule has 0 aliphatic rings. The van der Waals surface area contributed by atoms with Gasteiger partial charge in [-0.2, -0.15) is 0 Å². The Hall–Kier alpha value is 1.53. The van der Waals surface area contributed by atoms with E-state index in [1.807, 2.05) is 0 Å². The van der Waals surface area contributed by atoms with Crippen LogP contribution in [0.3, 0.4) is 0 Å². The van der Waals surface area contributed by atoms with Crippen molar-refractivity contribution in [3.05, 3.63) is 17.9 Å². The number of rotatable bonds is 0. The average Bonchev–Trinajstić information content (AvgIpc) is 1.86. The quantitative estimate of drug-likeness (QED) is 0.443. The van der Waals surface area contributed by atoms with E-state index in [0.29, 0.717) is 0 Å². The Morgan fingerprint density at radius 3 is 1.89 bits per heavy atom. The Morgan fingerprint density at radius 1 is 1.22 bits per heavy atom. The summed E-state index contributed by atoms with van der Waals surface area (Å²) in [6.45, 7) is 0. The number of halogens is 3. The van der Waals surface area contributed by atoms with Gasteiger partial charge in [0.2, 0.25) is 0 Å². The average molecular weight is 281 g/mol. The van der Waals surface area contributed by atoms with Gasteiger partial charge in [-0.15, -0.1) is 0 Å². The molecule has 1 heterocycles. The Labute approximate surface area is 90.3 Å². The van der Waals surface area contributed by atoms with E-state index in [4.69, 9.17) is 0 Å². The molecule has 0 radical (unpaired) electrons. The fourth-order valence-corrected chi connectivity index (χ4v) is 1.75. The van der Waals surface area contributed by atoms with Gasteiger partial charge in [0.15, 0.2) is 0 Å². The first kappa shape index (κ1) is 16.9. The molecule has 0 aromatic carbocycles. The van der Waals surface area contributed by atoms with Crippen molar-refractivity contribution in [3.63, 3.8) is 0 Å². The van der Waals surface area contributed by atoms with Crippen molar-refractivity contribution in [2.45, 2.75) is 0 Å². The van der Waals surface area contributed by atoms with Crippen LogP contribution in [0.15, 0.2) is 17.9 Å². The van der Waals surface area contributed by atoms with E-state index in [1.54, 1.807) is 27.7 Å². The molecule has 1 atom stereocenters. The summed E-state index contributed by atoms with van der Waals surface area (Å²) in [5.74, 6) is 2.21. The molecule has 0 N–H and O–H groups in total. The molecular weight excluding hydrogens is 277 g/mol. The Kier molecular flexibility index (Phi) is 17.9. The second kappa shape index (κ2) is 9.53. The molecule has 0 fully saturated rings. The van der Waals surface area contributed by atoms with Crippen molar-refractivity contribution in [1.82, 2.24) is 0 Å². The van der Waals surface area contributed by atoms with E-state index in [9.17, 15) is 0 Å². The summed E-state index contributed by atoms with van der Waals surface area (Å²) in [6, 6.07) is 4.32. The molecule has 0 spiro atoms. The summed E-state index contributed by atoms with van der Waals surface area (Å²) < 4.78 is 1.59. The second-order valence-electron chi connectivity index (χ2n) is 1.08. The van der Waals surface area contributed by atoms with Crippen LogP contribution in [0.4, 0.5) is 0 Å². The van der Waals surface area contributed by atoms with Gasteiger partial charge in [-0.05, 0) is 0 Å².